The fraction of sp³-hybridized carbons (Fsp3) is 0.462. The second kappa shape index (κ2) is 14.8. The lowest BCUT2D eigenvalue weighted by atomic mass is 9.71. The van der Waals surface area contributed by atoms with Crippen molar-refractivity contribution in [3.8, 4) is 29.1 Å². The molecule has 13 heteroatoms. The number of nitrogens with one attached hydrogen (secondary N) is 1. The van der Waals surface area contributed by atoms with Crippen LogP contribution in [0.15, 0.2) is 36.4 Å². The summed E-state index contributed by atoms with van der Waals surface area (Å²) in [7, 11) is 3.66. The van der Waals surface area contributed by atoms with Crippen molar-refractivity contribution in [3.63, 3.8) is 0 Å². The van der Waals surface area contributed by atoms with Gasteiger partial charge in [-0.3, -0.25) is 14.6 Å². The average molecular weight is 731 g/mol. The summed E-state index contributed by atoms with van der Waals surface area (Å²) in [5.41, 5.74) is 7.36. The number of ether oxygens (including phenoxy) is 6. The number of methoxy groups -OCH3 is 1. The van der Waals surface area contributed by atoms with Crippen molar-refractivity contribution in [1.29, 1.82) is 5.26 Å². The zero-order valence-corrected chi connectivity index (χ0v) is 30.7. The number of likely N-dealkylation sites (N-methyl/N-ethyl adjacent to an activating group) is 1. The van der Waals surface area contributed by atoms with Gasteiger partial charge in [0, 0.05) is 54.4 Å². The minimum absolute atomic E-state index is 0.0281. The van der Waals surface area contributed by atoms with Gasteiger partial charge in [0.25, 0.3) is 0 Å². The lowest BCUT2D eigenvalue weighted by Gasteiger charge is -2.60. The van der Waals surface area contributed by atoms with E-state index in [4.69, 9.17) is 40.0 Å². The maximum absolute atomic E-state index is 13.5. The Kier molecular flexibility index (Phi) is 10.2. The molecule has 0 aromatic heterocycles. The van der Waals surface area contributed by atoms with Crippen molar-refractivity contribution >= 4 is 23.7 Å². The van der Waals surface area contributed by atoms with Crippen molar-refractivity contribution in [2.45, 2.75) is 76.7 Å². The van der Waals surface area contributed by atoms with Crippen LogP contribution in [0.2, 0.25) is 0 Å². The van der Waals surface area contributed by atoms with Crippen molar-refractivity contribution < 1.29 is 38.0 Å². The molecule has 1 saturated heterocycles. The molecule has 4 aliphatic heterocycles. The maximum atomic E-state index is 13.5. The third-order valence-electron chi connectivity index (χ3n) is 11.1. The fourth-order valence-electron chi connectivity index (χ4n) is 8.67. The highest BCUT2D eigenvalue weighted by Gasteiger charge is 2.57. The largest absolute Gasteiger partial charge is 0.515 e. The Bertz CT molecular complexity index is 1920. The van der Waals surface area contributed by atoms with E-state index in [9.17, 15) is 14.9 Å². The molecule has 0 aliphatic carbocycles. The molecular weight excluding hydrogens is 688 g/mol. The molecule has 1 N–H and O–H groups in total. The normalized spacial score (nSPS) is 22.8. The van der Waals surface area contributed by atoms with Gasteiger partial charge in [-0.1, -0.05) is 48.0 Å². The molecule has 7 rings (SSSR count). The molecular formula is C39H43ClN4O8. The van der Waals surface area contributed by atoms with Crippen molar-refractivity contribution in [3.05, 3.63) is 80.9 Å². The van der Waals surface area contributed by atoms with Crippen LogP contribution in [0.5, 0.6) is 23.0 Å². The number of carbonyl (C=O) groups excluding carboxylic acids is 2. The second-order valence-electron chi connectivity index (χ2n) is 13.8. The zero-order chi connectivity index (χ0) is 36.7. The molecule has 1 fully saturated rings. The van der Waals surface area contributed by atoms with E-state index < -0.39 is 18.2 Å². The van der Waals surface area contributed by atoms with Crippen molar-refractivity contribution in [1.82, 2.24) is 15.1 Å². The van der Waals surface area contributed by atoms with E-state index in [1.54, 1.807) is 7.11 Å². The number of halogens is 1. The lowest BCUT2D eigenvalue weighted by molar-refractivity contribution is -0.122. The van der Waals surface area contributed by atoms with Crippen LogP contribution in [0.4, 0.5) is 4.79 Å². The summed E-state index contributed by atoms with van der Waals surface area (Å²) in [6.45, 7) is 6.15. The minimum atomic E-state index is -0.951. The molecule has 3 aromatic rings. The second-order valence-corrected chi connectivity index (χ2v) is 14.0. The van der Waals surface area contributed by atoms with Crippen LogP contribution in [0.1, 0.15) is 63.0 Å². The van der Waals surface area contributed by atoms with Gasteiger partial charge in [-0.05, 0) is 69.3 Å². The van der Waals surface area contributed by atoms with Crippen LogP contribution in [0, 0.1) is 32.1 Å². The highest BCUT2D eigenvalue weighted by atomic mass is 35.5. The number of alkyl halides is 1. The first-order valence-electron chi connectivity index (χ1n) is 17.5. The summed E-state index contributed by atoms with van der Waals surface area (Å²) < 4.78 is 34.7. The van der Waals surface area contributed by atoms with E-state index in [2.05, 4.69) is 41.2 Å². The number of amides is 1. The molecule has 3 aromatic carbocycles. The Morgan fingerprint density at radius 2 is 1.81 bits per heavy atom. The number of piperazine rings is 1. The molecule has 2 bridgehead atoms. The molecule has 12 nitrogen and oxygen atoms in total. The van der Waals surface area contributed by atoms with Crippen LogP contribution in [-0.4, -0.2) is 80.3 Å². The number of aryl methyl sites for hydroxylation is 2. The monoisotopic (exact) mass is 730 g/mol. The third-order valence-corrected chi connectivity index (χ3v) is 11.2. The highest BCUT2D eigenvalue weighted by Crippen LogP contribution is 2.58. The van der Waals surface area contributed by atoms with Gasteiger partial charge >= 0.3 is 6.16 Å². The summed E-state index contributed by atoms with van der Waals surface area (Å²) >= 11 is 5.75. The SMILES string of the molecule is COCOc1c(C)c(C)cc2c1[C@@H]1C3Cc4c(OC(=O)OCCl)c(C)c5c(c4[C@H](CNC(=O)CCc4ccccc4)N3[C@@H](C#N)[C@H](C2)N1C)OCO5. The Morgan fingerprint density at radius 1 is 1.04 bits per heavy atom. The van der Waals surface area contributed by atoms with E-state index in [1.807, 2.05) is 44.2 Å². The summed E-state index contributed by atoms with van der Waals surface area (Å²) in [6, 6.07) is 12.5. The van der Waals surface area contributed by atoms with Crippen molar-refractivity contribution in [2.24, 2.45) is 0 Å². The zero-order valence-electron chi connectivity index (χ0n) is 30.0. The number of carbonyl (C=O) groups is 2. The minimum Gasteiger partial charge on any atom is -0.467 e. The molecule has 52 heavy (non-hydrogen) atoms. The number of hydrogen-bond donors (Lipinski definition) is 1. The summed E-state index contributed by atoms with van der Waals surface area (Å²) in [5, 5.41) is 14.2. The number of rotatable bonds is 10. The van der Waals surface area contributed by atoms with E-state index in [0.717, 1.165) is 39.1 Å². The summed E-state index contributed by atoms with van der Waals surface area (Å²) in [6.07, 6.45) is 0.931. The number of hydrogen-bond acceptors (Lipinski definition) is 11. The molecule has 0 saturated carbocycles. The first-order chi connectivity index (χ1) is 25.2. The van der Waals surface area contributed by atoms with Crippen LogP contribution < -0.4 is 24.3 Å². The van der Waals surface area contributed by atoms with Gasteiger partial charge < -0.3 is 33.7 Å². The average Bonchev–Trinajstić information content (AvgIpc) is 3.63. The Hall–Kier alpha value is -4.54. The molecule has 0 spiro atoms. The van der Waals surface area contributed by atoms with E-state index in [0.29, 0.717) is 54.1 Å². The van der Waals surface area contributed by atoms with Gasteiger partial charge in [-0.2, -0.15) is 5.26 Å². The van der Waals surface area contributed by atoms with Crippen LogP contribution in [0.25, 0.3) is 0 Å². The molecule has 0 radical (unpaired) electrons. The maximum Gasteiger partial charge on any atom is 0.515 e. The van der Waals surface area contributed by atoms with Gasteiger partial charge in [-0.15, -0.1) is 0 Å². The fourth-order valence-corrected chi connectivity index (χ4v) is 8.76. The Labute approximate surface area is 308 Å². The molecule has 5 atom stereocenters. The third kappa shape index (κ3) is 6.19. The summed E-state index contributed by atoms with van der Waals surface area (Å²) in [4.78, 5) is 30.9. The summed E-state index contributed by atoms with van der Waals surface area (Å²) in [5.74, 6) is 1.90. The molecule has 1 amide bonds. The van der Waals surface area contributed by atoms with Crippen LogP contribution >= 0.6 is 11.6 Å². The predicted octanol–water partition coefficient (Wildman–Crippen LogP) is 5.56. The van der Waals surface area contributed by atoms with Gasteiger partial charge in [-0.25, -0.2) is 4.79 Å². The Balaban J connectivity index is 1.38. The topological polar surface area (TPSA) is 132 Å². The quantitative estimate of drug-likeness (QED) is 0.122. The molecule has 274 valence electrons. The highest BCUT2D eigenvalue weighted by molar-refractivity contribution is 6.17. The van der Waals surface area contributed by atoms with Gasteiger partial charge in [0.1, 0.15) is 17.5 Å². The predicted molar refractivity (Wildman–Crippen MR) is 191 cm³/mol. The van der Waals surface area contributed by atoms with Crippen molar-refractivity contribution in [2.75, 3.05) is 40.4 Å². The van der Waals surface area contributed by atoms with Crippen LogP contribution in [0.3, 0.4) is 0 Å². The number of benzene rings is 3. The van der Waals surface area contributed by atoms with E-state index >= 15 is 0 Å². The standard InChI is InChI=1S/C39H43ClN4O8/c1-21-13-25-14-27-29(16-41)44-28(34(43(27)4)32(25)36(22(21)2)49-19-47-5)15-26-33(30(44)17-42-31(45)12-11-24-9-7-6-8-10-24)38-37(50-20-51-38)23(3)35(26)52-39(46)48-18-40/h6-10,13,27-30,34H,11-12,14-15,17-20H2,1-5H3,(H,42,45)/t27-,28?,29-,30-,34-/m0/s1. The molecule has 1 unspecified atom stereocenters. The van der Waals surface area contributed by atoms with Gasteiger partial charge in [0.15, 0.2) is 24.4 Å². The van der Waals surface area contributed by atoms with E-state index in [1.165, 1.54) is 0 Å². The van der Waals surface area contributed by atoms with Gasteiger partial charge in [0.2, 0.25) is 12.7 Å². The number of nitrogens with zero attached hydrogens (tertiary/aromatic N) is 3. The molecule has 4 heterocycles. The van der Waals surface area contributed by atoms with Gasteiger partial charge in [0.05, 0.1) is 18.2 Å². The lowest BCUT2D eigenvalue weighted by Crippen LogP contribution is -2.68. The smallest absolute Gasteiger partial charge is 0.467 e. The number of nitriles is 1. The molecule has 4 aliphatic rings. The Morgan fingerprint density at radius 3 is 2.54 bits per heavy atom. The first-order valence-corrected chi connectivity index (χ1v) is 18.0. The first kappa shape index (κ1) is 35.8. The number of fused-ring (bicyclic) bond motifs is 9. The van der Waals surface area contributed by atoms with E-state index in [-0.39, 0.29) is 50.2 Å². The van der Waals surface area contributed by atoms with Crippen LogP contribution in [-0.2, 0) is 33.5 Å².